The summed E-state index contributed by atoms with van der Waals surface area (Å²) in [4.78, 5) is 22.8. The monoisotopic (exact) mass is 386 g/mol. The average Bonchev–Trinajstić information content (AvgIpc) is 3.32. The van der Waals surface area contributed by atoms with Gasteiger partial charge in [0.2, 0.25) is 0 Å². The molecule has 1 saturated heterocycles. The molecule has 146 valence electrons. The van der Waals surface area contributed by atoms with Crippen LogP contribution >= 0.6 is 11.3 Å². The quantitative estimate of drug-likeness (QED) is 0.739. The molecular weight excluding hydrogens is 356 g/mol. The van der Waals surface area contributed by atoms with Crippen LogP contribution in [0.2, 0.25) is 0 Å². The van der Waals surface area contributed by atoms with Crippen molar-refractivity contribution in [2.75, 3.05) is 42.9 Å². The number of hydrogen-bond acceptors (Lipinski definition) is 5. The highest BCUT2D eigenvalue weighted by Crippen LogP contribution is 2.22. The molecule has 27 heavy (non-hydrogen) atoms. The van der Waals surface area contributed by atoms with Crippen LogP contribution in [-0.2, 0) is 6.42 Å². The van der Waals surface area contributed by atoms with Crippen LogP contribution in [0.4, 0.5) is 11.4 Å². The van der Waals surface area contributed by atoms with Crippen molar-refractivity contribution in [3.05, 3.63) is 39.8 Å². The van der Waals surface area contributed by atoms with Crippen molar-refractivity contribution in [2.24, 2.45) is 0 Å². The lowest BCUT2D eigenvalue weighted by atomic mass is 10.2. The summed E-state index contributed by atoms with van der Waals surface area (Å²) in [5.74, 6) is -0.0620. The SMILES string of the molecule is CCN(CC)c1ccc(NC(=O)c2sc(CCN3CCCC3)nc2C)cc1. The normalized spacial score (nSPS) is 14.5. The van der Waals surface area contributed by atoms with Crippen LogP contribution in [0.5, 0.6) is 0 Å². The van der Waals surface area contributed by atoms with Crippen molar-refractivity contribution in [1.82, 2.24) is 9.88 Å². The van der Waals surface area contributed by atoms with Crippen LogP contribution in [0, 0.1) is 6.92 Å². The molecule has 1 aromatic heterocycles. The van der Waals surface area contributed by atoms with Gasteiger partial charge in [-0.15, -0.1) is 11.3 Å². The van der Waals surface area contributed by atoms with Crippen molar-refractivity contribution in [1.29, 1.82) is 0 Å². The van der Waals surface area contributed by atoms with E-state index in [4.69, 9.17) is 0 Å². The Labute approximate surface area is 166 Å². The number of carbonyl (C=O) groups excluding carboxylic acids is 1. The lowest BCUT2D eigenvalue weighted by molar-refractivity contribution is 0.103. The van der Waals surface area contributed by atoms with E-state index in [1.54, 1.807) is 0 Å². The van der Waals surface area contributed by atoms with Gasteiger partial charge in [-0.3, -0.25) is 4.79 Å². The van der Waals surface area contributed by atoms with Gasteiger partial charge in [0.05, 0.1) is 10.7 Å². The Morgan fingerprint density at radius 1 is 1.19 bits per heavy atom. The Balaban J connectivity index is 1.60. The molecule has 0 saturated carbocycles. The zero-order valence-corrected chi connectivity index (χ0v) is 17.4. The predicted octanol–water partition coefficient (Wildman–Crippen LogP) is 4.19. The van der Waals surface area contributed by atoms with Crippen LogP contribution in [0.25, 0.3) is 0 Å². The van der Waals surface area contributed by atoms with Gasteiger partial charge in [-0.2, -0.15) is 0 Å². The maximum absolute atomic E-state index is 12.7. The summed E-state index contributed by atoms with van der Waals surface area (Å²) < 4.78 is 0. The number of amides is 1. The Bertz CT molecular complexity index is 746. The minimum Gasteiger partial charge on any atom is -0.372 e. The van der Waals surface area contributed by atoms with E-state index in [1.807, 2.05) is 19.1 Å². The molecule has 0 atom stereocenters. The van der Waals surface area contributed by atoms with Crippen molar-refractivity contribution < 1.29 is 4.79 Å². The van der Waals surface area contributed by atoms with E-state index in [0.717, 1.165) is 47.3 Å². The zero-order valence-electron chi connectivity index (χ0n) is 16.6. The van der Waals surface area contributed by atoms with Gasteiger partial charge in [-0.25, -0.2) is 4.98 Å². The molecule has 0 spiro atoms. The molecule has 6 heteroatoms. The molecule has 1 aromatic carbocycles. The fourth-order valence-corrected chi connectivity index (χ4v) is 4.51. The topological polar surface area (TPSA) is 48.5 Å². The van der Waals surface area contributed by atoms with E-state index < -0.39 is 0 Å². The number of aryl methyl sites for hydroxylation is 1. The summed E-state index contributed by atoms with van der Waals surface area (Å²) in [6.45, 7) is 11.6. The first-order valence-corrected chi connectivity index (χ1v) is 10.8. The fourth-order valence-electron chi connectivity index (χ4n) is 3.56. The van der Waals surface area contributed by atoms with Crippen molar-refractivity contribution in [2.45, 2.75) is 40.0 Å². The van der Waals surface area contributed by atoms with Crippen LogP contribution in [-0.4, -0.2) is 48.5 Å². The van der Waals surface area contributed by atoms with Gasteiger partial charge in [0.25, 0.3) is 5.91 Å². The van der Waals surface area contributed by atoms with E-state index in [2.05, 4.69) is 46.1 Å². The third kappa shape index (κ3) is 5.08. The Morgan fingerprint density at radius 2 is 1.85 bits per heavy atom. The highest BCUT2D eigenvalue weighted by atomic mass is 32.1. The van der Waals surface area contributed by atoms with Crippen molar-refractivity contribution in [3.8, 4) is 0 Å². The van der Waals surface area contributed by atoms with E-state index in [1.165, 1.54) is 43.0 Å². The Kier molecular flexibility index (Phi) is 6.85. The summed E-state index contributed by atoms with van der Waals surface area (Å²) in [5, 5.41) is 4.07. The largest absolute Gasteiger partial charge is 0.372 e. The number of nitrogens with one attached hydrogen (secondary N) is 1. The molecule has 0 unspecified atom stereocenters. The molecule has 5 nitrogen and oxygen atoms in total. The number of likely N-dealkylation sites (tertiary alicyclic amines) is 1. The van der Waals surface area contributed by atoms with Crippen LogP contribution in [0.3, 0.4) is 0 Å². The summed E-state index contributed by atoms with van der Waals surface area (Å²) in [5.41, 5.74) is 2.83. The lowest BCUT2D eigenvalue weighted by Gasteiger charge is -2.21. The van der Waals surface area contributed by atoms with Gasteiger partial charge in [-0.05, 0) is 71.0 Å². The molecule has 3 rings (SSSR count). The Morgan fingerprint density at radius 3 is 2.48 bits per heavy atom. The van der Waals surface area contributed by atoms with Gasteiger partial charge < -0.3 is 15.1 Å². The summed E-state index contributed by atoms with van der Waals surface area (Å²) in [6, 6.07) is 8.06. The first kappa shape index (κ1) is 19.8. The van der Waals surface area contributed by atoms with Crippen LogP contribution < -0.4 is 10.2 Å². The number of hydrogen-bond donors (Lipinski definition) is 1. The number of rotatable bonds is 8. The highest BCUT2D eigenvalue weighted by Gasteiger charge is 2.17. The number of nitrogens with zero attached hydrogens (tertiary/aromatic N) is 3. The molecule has 1 N–H and O–H groups in total. The molecule has 0 bridgehead atoms. The maximum Gasteiger partial charge on any atom is 0.267 e. The van der Waals surface area contributed by atoms with Gasteiger partial charge in [0.1, 0.15) is 4.88 Å². The smallest absolute Gasteiger partial charge is 0.267 e. The molecule has 2 aromatic rings. The molecule has 1 fully saturated rings. The number of anilines is 2. The number of benzene rings is 1. The second-order valence-corrected chi connectivity index (χ2v) is 8.08. The van der Waals surface area contributed by atoms with E-state index in [0.29, 0.717) is 0 Å². The standard InChI is InChI=1S/C21H30N4OS/c1-4-25(5-2)18-10-8-17(9-11-18)23-21(26)20-16(3)22-19(27-20)12-15-24-13-6-7-14-24/h8-11H,4-7,12-15H2,1-3H3,(H,23,26). The lowest BCUT2D eigenvalue weighted by Crippen LogP contribution is -2.21. The van der Waals surface area contributed by atoms with Gasteiger partial charge in [-0.1, -0.05) is 0 Å². The number of aromatic nitrogens is 1. The molecule has 0 aliphatic carbocycles. The second kappa shape index (κ2) is 9.33. The zero-order chi connectivity index (χ0) is 19.2. The predicted molar refractivity (Wildman–Crippen MR) is 114 cm³/mol. The van der Waals surface area contributed by atoms with Crippen molar-refractivity contribution >= 4 is 28.6 Å². The average molecular weight is 387 g/mol. The first-order valence-electron chi connectivity index (χ1n) is 9.95. The van der Waals surface area contributed by atoms with Gasteiger partial charge in [0.15, 0.2) is 0 Å². The maximum atomic E-state index is 12.7. The molecule has 1 aliphatic heterocycles. The summed E-state index contributed by atoms with van der Waals surface area (Å²) in [7, 11) is 0. The van der Waals surface area contributed by atoms with Crippen LogP contribution in [0.15, 0.2) is 24.3 Å². The highest BCUT2D eigenvalue weighted by molar-refractivity contribution is 7.13. The van der Waals surface area contributed by atoms with E-state index in [-0.39, 0.29) is 5.91 Å². The minimum absolute atomic E-state index is 0.0620. The second-order valence-electron chi connectivity index (χ2n) is 6.99. The van der Waals surface area contributed by atoms with Crippen molar-refractivity contribution in [3.63, 3.8) is 0 Å². The Hall–Kier alpha value is -1.92. The molecule has 1 amide bonds. The van der Waals surface area contributed by atoms with E-state index >= 15 is 0 Å². The first-order chi connectivity index (χ1) is 13.1. The third-order valence-electron chi connectivity index (χ3n) is 5.14. The molecular formula is C21H30N4OS. The van der Waals surface area contributed by atoms with Gasteiger partial charge >= 0.3 is 0 Å². The van der Waals surface area contributed by atoms with Crippen LogP contribution in [0.1, 0.15) is 47.1 Å². The summed E-state index contributed by atoms with van der Waals surface area (Å²) in [6.07, 6.45) is 3.53. The minimum atomic E-state index is -0.0620. The third-order valence-corrected chi connectivity index (χ3v) is 6.36. The molecule has 2 heterocycles. The fraction of sp³-hybridized carbons (Fsp3) is 0.524. The number of thiazole rings is 1. The summed E-state index contributed by atoms with van der Waals surface area (Å²) >= 11 is 1.53. The van der Waals surface area contributed by atoms with E-state index in [9.17, 15) is 4.79 Å². The number of carbonyl (C=O) groups is 1. The molecule has 0 radical (unpaired) electrons. The molecule has 1 aliphatic rings. The van der Waals surface area contributed by atoms with Gasteiger partial charge in [0, 0.05) is 37.4 Å².